The van der Waals surface area contributed by atoms with Crippen LogP contribution in [0.5, 0.6) is 0 Å². The van der Waals surface area contributed by atoms with Crippen LogP contribution in [-0.4, -0.2) is 50.2 Å². The maximum Gasteiger partial charge on any atom is 0.248 e. The van der Waals surface area contributed by atoms with Crippen LogP contribution < -0.4 is 5.32 Å². The van der Waals surface area contributed by atoms with E-state index in [0.717, 1.165) is 45.3 Å². The smallest absolute Gasteiger partial charge is 0.248 e. The Bertz CT molecular complexity index is 238. The highest BCUT2D eigenvalue weighted by molar-refractivity contribution is 5.77. The molecule has 1 aliphatic rings. The van der Waals surface area contributed by atoms with Crippen molar-refractivity contribution in [2.24, 2.45) is 0 Å². The second-order valence-electron chi connectivity index (χ2n) is 4.51. The number of hydrogen-bond donors (Lipinski definition) is 1. The van der Waals surface area contributed by atoms with Gasteiger partial charge in [0.25, 0.3) is 0 Å². The standard InChI is InChI=1S/C13H24N2O2/c1-3-4-5-10-15(2)13(16)11-17-12-6-8-14-9-7-12/h3,12,14H,1,4-11H2,2H3. The van der Waals surface area contributed by atoms with Crippen molar-refractivity contribution in [3.05, 3.63) is 12.7 Å². The van der Waals surface area contributed by atoms with Crippen LogP contribution in [0.1, 0.15) is 25.7 Å². The van der Waals surface area contributed by atoms with Crippen LogP contribution in [0.3, 0.4) is 0 Å². The molecule has 0 spiro atoms. The second kappa shape index (κ2) is 8.25. The van der Waals surface area contributed by atoms with Crippen molar-refractivity contribution >= 4 is 5.91 Å². The van der Waals surface area contributed by atoms with E-state index in [-0.39, 0.29) is 18.6 Å². The molecule has 0 bridgehead atoms. The molecule has 1 fully saturated rings. The van der Waals surface area contributed by atoms with Crippen LogP contribution in [0.25, 0.3) is 0 Å². The third-order valence-corrected chi connectivity index (χ3v) is 3.06. The Kier molecular flexibility index (Phi) is 6.89. The van der Waals surface area contributed by atoms with E-state index in [4.69, 9.17) is 4.74 Å². The topological polar surface area (TPSA) is 41.6 Å². The zero-order chi connectivity index (χ0) is 12.5. The number of piperidine rings is 1. The van der Waals surface area contributed by atoms with E-state index in [1.807, 2.05) is 13.1 Å². The molecule has 1 heterocycles. The summed E-state index contributed by atoms with van der Waals surface area (Å²) in [6, 6.07) is 0. The summed E-state index contributed by atoms with van der Waals surface area (Å²) >= 11 is 0. The molecule has 4 heteroatoms. The van der Waals surface area contributed by atoms with Crippen molar-refractivity contribution in [3.8, 4) is 0 Å². The molecule has 1 saturated heterocycles. The van der Waals surface area contributed by atoms with Gasteiger partial charge in [-0.15, -0.1) is 6.58 Å². The van der Waals surface area contributed by atoms with Gasteiger partial charge in [0.15, 0.2) is 0 Å². The van der Waals surface area contributed by atoms with Crippen molar-refractivity contribution in [2.75, 3.05) is 33.3 Å². The number of hydrogen-bond acceptors (Lipinski definition) is 3. The average molecular weight is 240 g/mol. The molecular weight excluding hydrogens is 216 g/mol. The van der Waals surface area contributed by atoms with Gasteiger partial charge in [-0.05, 0) is 38.8 Å². The number of nitrogens with zero attached hydrogens (tertiary/aromatic N) is 1. The normalized spacial score (nSPS) is 16.8. The number of allylic oxidation sites excluding steroid dienone is 1. The van der Waals surface area contributed by atoms with E-state index < -0.39 is 0 Å². The third-order valence-electron chi connectivity index (χ3n) is 3.06. The summed E-state index contributed by atoms with van der Waals surface area (Å²) < 4.78 is 5.62. The van der Waals surface area contributed by atoms with Gasteiger partial charge in [-0.25, -0.2) is 0 Å². The number of unbranched alkanes of at least 4 members (excludes halogenated alkanes) is 1. The van der Waals surface area contributed by atoms with Gasteiger partial charge in [-0.1, -0.05) is 6.08 Å². The minimum Gasteiger partial charge on any atom is -0.368 e. The second-order valence-corrected chi connectivity index (χ2v) is 4.51. The summed E-state index contributed by atoms with van der Waals surface area (Å²) in [4.78, 5) is 13.5. The molecule has 0 unspecified atom stereocenters. The van der Waals surface area contributed by atoms with Gasteiger partial charge in [0.05, 0.1) is 6.10 Å². The zero-order valence-corrected chi connectivity index (χ0v) is 10.8. The first-order valence-electron chi connectivity index (χ1n) is 6.41. The molecule has 0 saturated carbocycles. The summed E-state index contributed by atoms with van der Waals surface area (Å²) in [5.41, 5.74) is 0. The fraction of sp³-hybridized carbons (Fsp3) is 0.769. The predicted molar refractivity (Wildman–Crippen MR) is 68.9 cm³/mol. The monoisotopic (exact) mass is 240 g/mol. The maximum absolute atomic E-state index is 11.7. The average Bonchev–Trinajstić information content (AvgIpc) is 2.37. The van der Waals surface area contributed by atoms with E-state index in [1.165, 1.54) is 0 Å². The Hall–Kier alpha value is -0.870. The molecule has 17 heavy (non-hydrogen) atoms. The first kappa shape index (κ1) is 14.2. The Balaban J connectivity index is 2.12. The van der Waals surface area contributed by atoms with Gasteiger partial charge >= 0.3 is 0 Å². The summed E-state index contributed by atoms with van der Waals surface area (Å²) in [6.45, 7) is 6.65. The van der Waals surface area contributed by atoms with Crippen molar-refractivity contribution in [1.29, 1.82) is 0 Å². The highest BCUT2D eigenvalue weighted by atomic mass is 16.5. The van der Waals surface area contributed by atoms with Gasteiger partial charge in [-0.3, -0.25) is 4.79 Å². The highest BCUT2D eigenvalue weighted by Crippen LogP contribution is 2.07. The van der Waals surface area contributed by atoms with Gasteiger partial charge in [0.1, 0.15) is 6.61 Å². The number of carbonyl (C=O) groups is 1. The first-order valence-corrected chi connectivity index (χ1v) is 6.41. The lowest BCUT2D eigenvalue weighted by Crippen LogP contribution is -2.36. The SMILES string of the molecule is C=CCCCN(C)C(=O)COC1CCNCC1. The number of ether oxygens (including phenoxy) is 1. The minimum atomic E-state index is 0.0765. The summed E-state index contributed by atoms with van der Waals surface area (Å²) in [5, 5.41) is 3.27. The van der Waals surface area contributed by atoms with E-state index in [9.17, 15) is 4.79 Å². The molecule has 1 rings (SSSR count). The Labute approximate surface area is 104 Å². The third kappa shape index (κ3) is 5.84. The first-order chi connectivity index (χ1) is 8.24. The summed E-state index contributed by atoms with van der Waals surface area (Å²) in [6.07, 6.45) is 6.07. The van der Waals surface area contributed by atoms with E-state index >= 15 is 0 Å². The fourth-order valence-corrected chi connectivity index (χ4v) is 1.86. The lowest BCUT2D eigenvalue weighted by molar-refractivity contribution is -0.137. The number of likely N-dealkylation sites (N-methyl/N-ethyl adjacent to an activating group) is 1. The number of carbonyl (C=O) groups excluding carboxylic acids is 1. The Morgan fingerprint density at radius 2 is 2.24 bits per heavy atom. The van der Waals surface area contributed by atoms with Crippen LogP contribution >= 0.6 is 0 Å². The molecule has 0 aromatic heterocycles. The van der Waals surface area contributed by atoms with E-state index in [0.29, 0.717) is 0 Å². The zero-order valence-electron chi connectivity index (χ0n) is 10.8. The van der Waals surface area contributed by atoms with Crippen LogP contribution in [0.4, 0.5) is 0 Å². The molecule has 0 aromatic rings. The predicted octanol–water partition coefficient (Wildman–Crippen LogP) is 1.18. The largest absolute Gasteiger partial charge is 0.368 e. The van der Waals surface area contributed by atoms with E-state index in [1.54, 1.807) is 4.90 Å². The lowest BCUT2D eigenvalue weighted by atomic mass is 10.1. The van der Waals surface area contributed by atoms with Gasteiger partial charge in [0, 0.05) is 13.6 Å². The quantitative estimate of drug-likeness (QED) is 0.537. The van der Waals surface area contributed by atoms with Crippen molar-refractivity contribution in [2.45, 2.75) is 31.8 Å². The Morgan fingerprint density at radius 1 is 1.53 bits per heavy atom. The molecule has 98 valence electrons. The van der Waals surface area contributed by atoms with Crippen LogP contribution in [0.2, 0.25) is 0 Å². The lowest BCUT2D eigenvalue weighted by Gasteiger charge is -2.24. The van der Waals surface area contributed by atoms with E-state index in [2.05, 4.69) is 11.9 Å². The van der Waals surface area contributed by atoms with Crippen LogP contribution in [0.15, 0.2) is 12.7 Å². The van der Waals surface area contributed by atoms with Crippen LogP contribution in [0, 0.1) is 0 Å². The van der Waals surface area contributed by atoms with Crippen molar-refractivity contribution < 1.29 is 9.53 Å². The Morgan fingerprint density at radius 3 is 2.88 bits per heavy atom. The molecule has 1 amide bonds. The maximum atomic E-state index is 11.7. The number of nitrogens with one attached hydrogen (secondary N) is 1. The summed E-state index contributed by atoms with van der Waals surface area (Å²) in [7, 11) is 1.83. The van der Waals surface area contributed by atoms with Gasteiger partial charge in [0.2, 0.25) is 5.91 Å². The molecule has 1 aliphatic heterocycles. The molecule has 0 aromatic carbocycles. The van der Waals surface area contributed by atoms with Gasteiger partial charge in [-0.2, -0.15) is 0 Å². The molecule has 0 radical (unpaired) electrons. The van der Waals surface area contributed by atoms with Crippen molar-refractivity contribution in [3.63, 3.8) is 0 Å². The molecule has 1 N–H and O–H groups in total. The number of amides is 1. The number of rotatable bonds is 7. The van der Waals surface area contributed by atoms with Gasteiger partial charge < -0.3 is 15.0 Å². The molecule has 0 aliphatic carbocycles. The highest BCUT2D eigenvalue weighted by Gasteiger charge is 2.16. The molecular formula is C13H24N2O2. The minimum absolute atomic E-state index is 0.0765. The van der Waals surface area contributed by atoms with Crippen LogP contribution in [-0.2, 0) is 9.53 Å². The molecule has 4 nitrogen and oxygen atoms in total. The summed E-state index contributed by atoms with van der Waals surface area (Å²) in [5.74, 6) is 0.0765. The molecule has 0 atom stereocenters. The van der Waals surface area contributed by atoms with Crippen molar-refractivity contribution in [1.82, 2.24) is 10.2 Å². The fourth-order valence-electron chi connectivity index (χ4n) is 1.86.